The molecule has 0 unspecified atom stereocenters. The molecule has 0 radical (unpaired) electrons. The quantitative estimate of drug-likeness (QED) is 0.345. The van der Waals surface area contributed by atoms with Crippen LogP contribution in [0.5, 0.6) is 0 Å². The number of anilines is 1. The maximum atomic E-state index is 12.1. The van der Waals surface area contributed by atoms with Crippen molar-refractivity contribution in [2.24, 2.45) is 4.99 Å². The van der Waals surface area contributed by atoms with Crippen LogP contribution in [0.2, 0.25) is 0 Å². The number of amides is 1. The number of hydrogen-bond donors (Lipinski definition) is 2. The van der Waals surface area contributed by atoms with Gasteiger partial charge in [0.25, 0.3) is 0 Å². The molecule has 0 aromatic carbocycles. The van der Waals surface area contributed by atoms with Crippen LogP contribution in [0.3, 0.4) is 0 Å². The van der Waals surface area contributed by atoms with E-state index < -0.39 is 0 Å². The lowest BCUT2D eigenvalue weighted by molar-refractivity contribution is -0.116. The van der Waals surface area contributed by atoms with Gasteiger partial charge in [0.05, 0.1) is 5.69 Å². The molecule has 2 aromatic heterocycles. The summed E-state index contributed by atoms with van der Waals surface area (Å²) in [5, 5.41) is 10.0. The lowest BCUT2D eigenvalue weighted by Gasteiger charge is -2.36. The SMILES string of the molecule is CN=C(NCCC(=O)Nc1ccc(C)cn1)N1CCN(Cc2ccon2)CC1.I. The number of hydrogen-bond acceptors (Lipinski definition) is 6. The molecule has 0 saturated carbocycles. The third-order valence-corrected chi connectivity index (χ3v) is 4.57. The number of nitrogens with zero attached hydrogens (tertiary/aromatic N) is 5. The average Bonchev–Trinajstić information content (AvgIpc) is 3.21. The molecule has 1 saturated heterocycles. The van der Waals surface area contributed by atoms with Crippen molar-refractivity contribution in [3.63, 3.8) is 0 Å². The molecule has 2 aromatic rings. The van der Waals surface area contributed by atoms with Gasteiger partial charge < -0.3 is 20.1 Å². The Morgan fingerprint density at radius 2 is 2.03 bits per heavy atom. The second-order valence-corrected chi connectivity index (χ2v) is 6.75. The molecule has 29 heavy (non-hydrogen) atoms. The van der Waals surface area contributed by atoms with Gasteiger partial charge in [-0.3, -0.25) is 14.7 Å². The predicted molar refractivity (Wildman–Crippen MR) is 122 cm³/mol. The number of guanidine groups is 1. The Bertz CT molecular complexity index is 772. The molecule has 1 fully saturated rings. The number of halogens is 1. The molecular weight excluding hydrogens is 485 g/mol. The smallest absolute Gasteiger partial charge is 0.227 e. The van der Waals surface area contributed by atoms with Crippen molar-refractivity contribution in [2.75, 3.05) is 45.1 Å². The summed E-state index contributed by atoms with van der Waals surface area (Å²) < 4.78 is 4.89. The van der Waals surface area contributed by atoms with Crippen molar-refractivity contribution in [1.82, 2.24) is 25.3 Å². The zero-order valence-electron chi connectivity index (χ0n) is 16.8. The second kappa shape index (κ2) is 11.7. The highest BCUT2D eigenvalue weighted by molar-refractivity contribution is 14.0. The average molecular weight is 513 g/mol. The normalized spacial score (nSPS) is 15.0. The van der Waals surface area contributed by atoms with E-state index >= 15 is 0 Å². The van der Waals surface area contributed by atoms with E-state index in [2.05, 4.69) is 35.6 Å². The number of carbonyl (C=O) groups excluding carboxylic acids is 1. The zero-order chi connectivity index (χ0) is 19.8. The molecule has 0 aliphatic carbocycles. The van der Waals surface area contributed by atoms with Gasteiger partial charge in [0, 0.05) is 65.0 Å². The summed E-state index contributed by atoms with van der Waals surface area (Å²) in [5.41, 5.74) is 2.01. The number of aryl methyl sites for hydroxylation is 1. The Kier molecular flexibility index (Phi) is 9.32. The standard InChI is InChI=1S/C19H27N7O2.HI/c1-15-3-4-17(22-13-15)23-18(27)5-7-21-19(20-2)26-10-8-25(9-11-26)14-16-6-12-28-24-16;/h3-4,6,12-13H,5,7-11,14H2,1-2H3,(H,20,21)(H,22,23,27);1H. The van der Waals surface area contributed by atoms with Crippen molar-refractivity contribution in [2.45, 2.75) is 19.9 Å². The van der Waals surface area contributed by atoms with Crippen LogP contribution in [0.1, 0.15) is 17.7 Å². The van der Waals surface area contributed by atoms with E-state index in [1.165, 1.54) is 0 Å². The van der Waals surface area contributed by atoms with E-state index in [0.717, 1.165) is 49.9 Å². The van der Waals surface area contributed by atoms with E-state index in [1.54, 1.807) is 25.6 Å². The first kappa shape index (κ1) is 23.1. The summed E-state index contributed by atoms with van der Waals surface area (Å²) in [6, 6.07) is 5.62. The lowest BCUT2D eigenvalue weighted by atomic mass is 10.3. The van der Waals surface area contributed by atoms with E-state index in [4.69, 9.17) is 4.52 Å². The molecule has 3 rings (SSSR count). The number of piperazine rings is 1. The Morgan fingerprint density at radius 1 is 1.24 bits per heavy atom. The summed E-state index contributed by atoms with van der Waals surface area (Å²) in [7, 11) is 1.76. The van der Waals surface area contributed by atoms with E-state index in [0.29, 0.717) is 18.8 Å². The molecule has 3 heterocycles. The lowest BCUT2D eigenvalue weighted by Crippen LogP contribution is -2.52. The van der Waals surface area contributed by atoms with Gasteiger partial charge >= 0.3 is 0 Å². The molecule has 1 amide bonds. The number of rotatable bonds is 6. The highest BCUT2D eigenvalue weighted by Gasteiger charge is 2.20. The first-order valence-electron chi connectivity index (χ1n) is 9.44. The van der Waals surface area contributed by atoms with Crippen LogP contribution >= 0.6 is 24.0 Å². The fraction of sp³-hybridized carbons (Fsp3) is 0.474. The molecule has 158 valence electrons. The molecule has 10 heteroatoms. The van der Waals surface area contributed by atoms with Gasteiger partial charge in [-0.2, -0.15) is 0 Å². The van der Waals surface area contributed by atoms with Gasteiger partial charge in [-0.15, -0.1) is 24.0 Å². The third kappa shape index (κ3) is 7.28. The number of nitrogens with one attached hydrogen (secondary N) is 2. The molecule has 9 nitrogen and oxygen atoms in total. The van der Waals surface area contributed by atoms with Crippen molar-refractivity contribution in [3.8, 4) is 0 Å². The van der Waals surface area contributed by atoms with Crippen LogP contribution in [-0.4, -0.2) is 71.6 Å². The minimum Gasteiger partial charge on any atom is -0.364 e. The van der Waals surface area contributed by atoms with Crippen LogP contribution < -0.4 is 10.6 Å². The first-order valence-corrected chi connectivity index (χ1v) is 9.44. The summed E-state index contributed by atoms with van der Waals surface area (Å²) in [4.78, 5) is 25.1. The monoisotopic (exact) mass is 513 g/mol. The third-order valence-electron chi connectivity index (χ3n) is 4.57. The van der Waals surface area contributed by atoms with Gasteiger partial charge in [0.1, 0.15) is 12.1 Å². The van der Waals surface area contributed by atoms with Gasteiger partial charge in [-0.25, -0.2) is 4.98 Å². The van der Waals surface area contributed by atoms with Gasteiger partial charge in [-0.05, 0) is 18.6 Å². The molecule has 1 aliphatic heterocycles. The summed E-state index contributed by atoms with van der Waals surface area (Å²) in [5.74, 6) is 1.32. The van der Waals surface area contributed by atoms with E-state index in [1.807, 2.05) is 19.1 Å². The van der Waals surface area contributed by atoms with E-state index in [9.17, 15) is 4.79 Å². The maximum Gasteiger partial charge on any atom is 0.227 e. The molecular formula is C19H28IN7O2. The topological polar surface area (TPSA) is 98.9 Å². The van der Waals surface area contributed by atoms with Crippen LogP contribution in [0.15, 0.2) is 40.2 Å². The number of pyridine rings is 1. The number of aliphatic imine (C=N–C) groups is 1. The van der Waals surface area contributed by atoms with Gasteiger partial charge in [-0.1, -0.05) is 11.2 Å². The molecule has 2 N–H and O–H groups in total. The van der Waals surface area contributed by atoms with Crippen molar-refractivity contribution in [1.29, 1.82) is 0 Å². The van der Waals surface area contributed by atoms with E-state index in [-0.39, 0.29) is 29.9 Å². The van der Waals surface area contributed by atoms with Crippen molar-refractivity contribution in [3.05, 3.63) is 41.9 Å². The summed E-state index contributed by atoms with van der Waals surface area (Å²) >= 11 is 0. The van der Waals surface area contributed by atoms with Crippen molar-refractivity contribution < 1.29 is 9.32 Å². The predicted octanol–water partition coefficient (Wildman–Crippen LogP) is 1.72. The van der Waals surface area contributed by atoms with Gasteiger partial charge in [0.2, 0.25) is 5.91 Å². The Hall–Kier alpha value is -2.21. The molecule has 0 bridgehead atoms. The fourth-order valence-corrected chi connectivity index (χ4v) is 3.03. The highest BCUT2D eigenvalue weighted by Crippen LogP contribution is 2.07. The summed E-state index contributed by atoms with van der Waals surface area (Å²) in [6.45, 7) is 6.86. The molecule has 0 atom stereocenters. The maximum absolute atomic E-state index is 12.1. The molecule has 0 spiro atoms. The Labute approximate surface area is 188 Å². The van der Waals surface area contributed by atoms with Crippen LogP contribution in [0.25, 0.3) is 0 Å². The number of aromatic nitrogens is 2. The number of carbonyl (C=O) groups is 1. The van der Waals surface area contributed by atoms with Crippen LogP contribution in [0.4, 0.5) is 5.82 Å². The fourth-order valence-electron chi connectivity index (χ4n) is 3.03. The highest BCUT2D eigenvalue weighted by atomic mass is 127. The second-order valence-electron chi connectivity index (χ2n) is 6.75. The largest absolute Gasteiger partial charge is 0.364 e. The zero-order valence-corrected chi connectivity index (χ0v) is 19.1. The first-order chi connectivity index (χ1) is 13.6. The minimum absolute atomic E-state index is 0. The Balaban J connectivity index is 0.00000300. The van der Waals surface area contributed by atoms with Crippen LogP contribution in [-0.2, 0) is 11.3 Å². The molecule has 1 aliphatic rings. The minimum atomic E-state index is -0.0725. The summed E-state index contributed by atoms with van der Waals surface area (Å²) in [6.07, 6.45) is 3.68. The van der Waals surface area contributed by atoms with Crippen LogP contribution in [0, 0.1) is 6.92 Å². The Morgan fingerprint density at radius 3 is 2.66 bits per heavy atom. The van der Waals surface area contributed by atoms with Crippen molar-refractivity contribution >= 4 is 41.7 Å². The van der Waals surface area contributed by atoms with Gasteiger partial charge in [0.15, 0.2) is 5.96 Å².